The van der Waals surface area contributed by atoms with E-state index in [1.165, 1.54) is 69.8 Å². The van der Waals surface area contributed by atoms with Crippen LogP contribution < -0.4 is 0 Å². The van der Waals surface area contributed by atoms with E-state index in [1.54, 1.807) is 0 Å². The van der Waals surface area contributed by atoms with E-state index in [1.807, 2.05) is 0 Å². The molecule has 0 unspecified atom stereocenters. The summed E-state index contributed by atoms with van der Waals surface area (Å²) in [6, 6.07) is 0. The van der Waals surface area contributed by atoms with Crippen LogP contribution in [0.1, 0.15) is 144 Å². The predicted molar refractivity (Wildman–Crippen MR) is 176 cm³/mol. The summed E-state index contributed by atoms with van der Waals surface area (Å²) in [6.07, 6.45) is 20.0. The van der Waals surface area contributed by atoms with Crippen LogP contribution in [0.4, 0.5) is 0 Å². The highest BCUT2D eigenvalue weighted by Crippen LogP contribution is 2.71. The largest absolute Gasteiger partial charge is 0.481 e. The molecule has 0 aromatic carbocycles. The Hall–Kier alpha value is -0.943. The third-order valence-electron chi connectivity index (χ3n) is 13.9. The number of hydrogen-bond donors (Lipinski definition) is 1. The molecule has 4 rings (SSSR count). The Morgan fingerprint density at radius 3 is 2.21 bits per heavy atom. The zero-order valence-electron chi connectivity index (χ0n) is 28.6. The number of carboxylic acids is 1. The van der Waals surface area contributed by atoms with Crippen molar-refractivity contribution >= 4 is 20.1 Å². The van der Waals surface area contributed by atoms with Gasteiger partial charge in [0.1, 0.15) is 0 Å². The lowest BCUT2D eigenvalue weighted by atomic mass is 9.43. The number of carbonyl (C=O) groups excluding carboxylic acids is 1. The molecule has 0 bridgehead atoms. The van der Waals surface area contributed by atoms with Gasteiger partial charge < -0.3 is 9.53 Å². The molecule has 3 fully saturated rings. The van der Waals surface area contributed by atoms with Crippen LogP contribution in [0.25, 0.3) is 0 Å². The van der Waals surface area contributed by atoms with Gasteiger partial charge in [-0.05, 0) is 115 Å². The van der Waals surface area contributed by atoms with Gasteiger partial charge in [0, 0.05) is 13.0 Å². The summed E-state index contributed by atoms with van der Waals surface area (Å²) >= 11 is 0. The fourth-order valence-electron chi connectivity index (χ4n) is 9.92. The van der Waals surface area contributed by atoms with E-state index >= 15 is 0 Å². The molecule has 240 valence electrons. The van der Waals surface area contributed by atoms with E-state index < -0.39 is 14.3 Å². The second-order valence-corrected chi connectivity index (χ2v) is 22.1. The van der Waals surface area contributed by atoms with Gasteiger partial charge >= 0.3 is 5.97 Å². The summed E-state index contributed by atoms with van der Waals surface area (Å²) in [5.41, 5.74) is 1.63. The van der Waals surface area contributed by atoms with E-state index in [4.69, 9.17) is 4.43 Å². The van der Waals surface area contributed by atoms with Crippen LogP contribution in [-0.2, 0) is 14.0 Å². The first kappa shape index (κ1) is 33.9. The Morgan fingerprint density at radius 1 is 0.952 bits per heavy atom. The molecule has 0 aromatic heterocycles. The van der Waals surface area contributed by atoms with E-state index in [0.717, 1.165) is 32.3 Å². The topological polar surface area (TPSA) is 63.6 Å². The number of allylic oxidation sites excluding steroid dienone is 1. The molecular formula is C37H64O4Si. The lowest BCUT2D eigenvalue weighted by molar-refractivity contribution is -0.145. The van der Waals surface area contributed by atoms with Gasteiger partial charge in [-0.3, -0.25) is 9.59 Å². The lowest BCUT2D eigenvalue weighted by Crippen LogP contribution is -2.55. The quantitative estimate of drug-likeness (QED) is 0.169. The first-order valence-electron chi connectivity index (χ1n) is 17.6. The Morgan fingerprint density at radius 2 is 1.57 bits per heavy atom. The number of aliphatic carboxylic acids is 1. The third-order valence-corrected chi connectivity index (χ3v) is 18.5. The number of unbranched alkanes of at least 4 members (excludes halogenated alkanes) is 6. The first-order valence-corrected chi connectivity index (χ1v) is 20.5. The fourth-order valence-corrected chi connectivity index (χ4v) is 11.0. The zero-order chi connectivity index (χ0) is 31.0. The molecule has 3 saturated carbocycles. The van der Waals surface area contributed by atoms with E-state index in [9.17, 15) is 14.7 Å². The molecule has 5 heteroatoms. The van der Waals surface area contributed by atoms with Gasteiger partial charge in [-0.1, -0.05) is 85.6 Å². The molecule has 0 radical (unpaired) electrons. The van der Waals surface area contributed by atoms with Gasteiger partial charge in [-0.25, -0.2) is 0 Å². The summed E-state index contributed by atoms with van der Waals surface area (Å²) in [6.45, 7) is 19.8. The Bertz CT molecular complexity index is 1010. The van der Waals surface area contributed by atoms with Crippen molar-refractivity contribution in [3.8, 4) is 0 Å². The van der Waals surface area contributed by atoms with Crippen molar-refractivity contribution < 1.29 is 19.1 Å². The number of fused-ring (bicyclic) bond motifs is 5. The second-order valence-electron chi connectivity index (χ2n) is 17.3. The van der Waals surface area contributed by atoms with Gasteiger partial charge in [-0.2, -0.15) is 0 Å². The molecule has 0 heterocycles. The third kappa shape index (κ3) is 6.68. The maximum Gasteiger partial charge on any atom is 0.303 e. The number of carbonyl (C=O) groups is 2. The van der Waals surface area contributed by atoms with E-state index in [-0.39, 0.29) is 16.2 Å². The van der Waals surface area contributed by atoms with Crippen LogP contribution in [0, 0.1) is 39.9 Å². The molecule has 4 nitrogen and oxygen atoms in total. The smallest absolute Gasteiger partial charge is 0.303 e. The number of carboxylic acid groups (broad SMARTS) is 1. The van der Waals surface area contributed by atoms with Crippen molar-refractivity contribution in [1.29, 1.82) is 0 Å². The second kappa shape index (κ2) is 12.8. The molecule has 4 aliphatic rings. The zero-order valence-corrected chi connectivity index (χ0v) is 29.6. The average molecular weight is 601 g/mol. The molecule has 0 spiro atoms. The van der Waals surface area contributed by atoms with Crippen LogP contribution >= 0.6 is 0 Å². The minimum atomic E-state index is -1.62. The fraction of sp³-hybridized carbons (Fsp3) is 0.892. The van der Waals surface area contributed by atoms with Crippen molar-refractivity contribution in [2.45, 2.75) is 162 Å². The molecule has 0 aliphatic heterocycles. The lowest BCUT2D eigenvalue weighted by Gasteiger charge is -2.62. The van der Waals surface area contributed by atoms with Crippen LogP contribution in [-0.4, -0.2) is 31.8 Å². The van der Waals surface area contributed by atoms with Gasteiger partial charge in [-0.15, -0.1) is 0 Å². The maximum atomic E-state index is 12.5. The first-order chi connectivity index (χ1) is 19.5. The highest BCUT2D eigenvalue weighted by atomic mass is 28.4. The van der Waals surface area contributed by atoms with Crippen molar-refractivity contribution in [1.82, 2.24) is 0 Å². The highest BCUT2D eigenvalue weighted by molar-refractivity contribution is 6.74. The number of rotatable bonds is 13. The molecular weight excluding hydrogens is 536 g/mol. The van der Waals surface area contributed by atoms with Crippen molar-refractivity contribution in [3.05, 3.63) is 11.6 Å². The minimum absolute atomic E-state index is 0.103. The van der Waals surface area contributed by atoms with Crippen molar-refractivity contribution in [3.63, 3.8) is 0 Å². The Labute approximate surface area is 259 Å². The highest BCUT2D eigenvalue weighted by Gasteiger charge is 2.64. The molecule has 7 atom stereocenters. The molecule has 42 heavy (non-hydrogen) atoms. The van der Waals surface area contributed by atoms with Crippen LogP contribution in [0.15, 0.2) is 11.6 Å². The Balaban J connectivity index is 1.32. The SMILES string of the molecule is CC(C)(C)[Si](C)(C)OCCCCCCCCC[C@H]1CC2=CC(=O)CC[C@]2(C)[C@H]2CC[C@@]3(C)[C@@H](CC[C@]3(C)CC(=O)O)[C@H]12. The van der Waals surface area contributed by atoms with Crippen LogP contribution in [0.5, 0.6) is 0 Å². The van der Waals surface area contributed by atoms with Crippen LogP contribution in [0.3, 0.4) is 0 Å². The predicted octanol–water partition coefficient (Wildman–Crippen LogP) is 10.4. The van der Waals surface area contributed by atoms with Gasteiger partial charge in [0.05, 0.1) is 6.42 Å². The molecule has 4 aliphatic carbocycles. The molecule has 1 N–H and O–H groups in total. The summed E-state index contributed by atoms with van der Waals surface area (Å²) in [4.78, 5) is 24.5. The summed E-state index contributed by atoms with van der Waals surface area (Å²) in [5, 5.41) is 10.1. The van der Waals surface area contributed by atoms with Gasteiger partial charge in [0.2, 0.25) is 0 Å². The molecule has 0 saturated heterocycles. The van der Waals surface area contributed by atoms with Gasteiger partial charge in [0.15, 0.2) is 14.1 Å². The molecule has 0 aromatic rings. The van der Waals surface area contributed by atoms with Crippen LogP contribution in [0.2, 0.25) is 18.1 Å². The monoisotopic (exact) mass is 600 g/mol. The van der Waals surface area contributed by atoms with Gasteiger partial charge in [0.25, 0.3) is 0 Å². The molecule has 0 amide bonds. The minimum Gasteiger partial charge on any atom is -0.481 e. The normalized spacial score (nSPS) is 36.7. The standard InChI is InChI=1S/C37H64O4Si/c1-34(2,3)42(7,8)41-23-15-13-11-9-10-12-14-16-27-24-28-25-29(38)17-21-36(28,5)30-19-22-37(6)31(33(27)30)18-20-35(37,4)26-32(39)40/h25,27,30-31,33H,9-24,26H2,1-8H3,(H,39,40)/t27-,30-,31-,33+,35+,36-,37-/m0/s1. The van der Waals surface area contributed by atoms with E-state index in [0.29, 0.717) is 47.3 Å². The number of hydrogen-bond acceptors (Lipinski definition) is 3. The average Bonchev–Trinajstić information content (AvgIpc) is 3.14. The maximum absolute atomic E-state index is 12.5. The number of ketones is 1. The van der Waals surface area contributed by atoms with E-state index in [2.05, 4.69) is 60.7 Å². The summed E-state index contributed by atoms with van der Waals surface area (Å²) in [5.74, 6) is 2.29. The Kier molecular flexibility index (Phi) is 10.4. The summed E-state index contributed by atoms with van der Waals surface area (Å²) < 4.78 is 6.35. The van der Waals surface area contributed by atoms with Crippen molar-refractivity contribution in [2.24, 2.45) is 39.9 Å². The van der Waals surface area contributed by atoms with Crippen molar-refractivity contribution in [2.75, 3.05) is 6.61 Å². The summed E-state index contributed by atoms with van der Waals surface area (Å²) in [7, 11) is -1.62.